The topological polar surface area (TPSA) is 84.2 Å². The minimum absolute atomic E-state index is 0.0195. The van der Waals surface area contributed by atoms with Crippen LogP contribution in [0.1, 0.15) is 47.8 Å². The molecule has 2 aromatic carbocycles. The van der Waals surface area contributed by atoms with Gasteiger partial charge >= 0.3 is 0 Å². The number of rotatable bonds is 11. The van der Waals surface area contributed by atoms with Gasteiger partial charge in [-0.2, -0.15) is 5.26 Å². The van der Waals surface area contributed by atoms with Crippen LogP contribution in [0.15, 0.2) is 54.2 Å². The van der Waals surface area contributed by atoms with Crippen LogP contribution in [0.5, 0.6) is 11.5 Å². The quantitative estimate of drug-likeness (QED) is 0.204. The van der Waals surface area contributed by atoms with Gasteiger partial charge < -0.3 is 9.47 Å². The Hall–Kier alpha value is -3.63. The Labute approximate surface area is 204 Å². The number of nitrogens with zero attached hydrogens (tertiary/aromatic N) is 2. The van der Waals surface area contributed by atoms with Crippen molar-refractivity contribution in [1.82, 2.24) is 4.98 Å². The fraction of sp³-hybridized carbons (Fsp3) is 0.296. The number of nitrogens with one attached hydrogen (secondary N) is 1. The third-order valence-corrected chi connectivity index (χ3v) is 6.05. The largest absolute Gasteiger partial charge is 0.493 e. The van der Waals surface area contributed by atoms with E-state index in [-0.39, 0.29) is 5.57 Å². The zero-order valence-electron chi connectivity index (χ0n) is 19.8. The molecule has 1 aromatic heterocycles. The number of anilines is 1. The van der Waals surface area contributed by atoms with E-state index in [9.17, 15) is 10.1 Å². The Kier molecular flexibility index (Phi) is 9.24. The van der Waals surface area contributed by atoms with Gasteiger partial charge in [0.15, 0.2) is 16.6 Å². The molecule has 6 nitrogen and oxygen atoms in total. The molecule has 0 saturated carbocycles. The second kappa shape index (κ2) is 12.6. The van der Waals surface area contributed by atoms with E-state index in [1.165, 1.54) is 28.5 Å². The average molecular weight is 476 g/mol. The zero-order chi connectivity index (χ0) is 24.3. The van der Waals surface area contributed by atoms with Gasteiger partial charge in [0, 0.05) is 17.5 Å². The van der Waals surface area contributed by atoms with Crippen molar-refractivity contribution in [2.24, 2.45) is 0 Å². The first-order valence-corrected chi connectivity index (χ1v) is 12.1. The van der Waals surface area contributed by atoms with Crippen molar-refractivity contribution in [2.75, 3.05) is 19.0 Å². The highest BCUT2D eigenvalue weighted by atomic mass is 32.1. The highest BCUT2D eigenvalue weighted by Crippen LogP contribution is 2.29. The van der Waals surface area contributed by atoms with E-state index in [4.69, 9.17) is 9.47 Å². The first kappa shape index (κ1) is 25.0. The predicted molar refractivity (Wildman–Crippen MR) is 136 cm³/mol. The average Bonchev–Trinajstić information content (AvgIpc) is 3.28. The number of aryl methyl sites for hydroxylation is 1. The van der Waals surface area contributed by atoms with Gasteiger partial charge in [-0.25, -0.2) is 4.98 Å². The molecule has 0 saturated heterocycles. The first-order valence-electron chi connectivity index (χ1n) is 11.3. The van der Waals surface area contributed by atoms with Gasteiger partial charge in [-0.15, -0.1) is 11.3 Å². The van der Waals surface area contributed by atoms with Crippen molar-refractivity contribution in [3.05, 3.63) is 75.8 Å². The highest BCUT2D eigenvalue weighted by molar-refractivity contribution is 7.15. The van der Waals surface area contributed by atoms with Gasteiger partial charge in [0.1, 0.15) is 11.6 Å². The smallest absolute Gasteiger partial charge is 0.268 e. The summed E-state index contributed by atoms with van der Waals surface area (Å²) < 4.78 is 11.2. The summed E-state index contributed by atoms with van der Waals surface area (Å²) in [7, 11) is 1.57. The molecule has 34 heavy (non-hydrogen) atoms. The summed E-state index contributed by atoms with van der Waals surface area (Å²) in [5, 5.41) is 12.7. The first-order chi connectivity index (χ1) is 16.5. The molecule has 0 bridgehead atoms. The van der Waals surface area contributed by atoms with E-state index >= 15 is 0 Å². The third kappa shape index (κ3) is 7.19. The van der Waals surface area contributed by atoms with Crippen LogP contribution in [-0.4, -0.2) is 24.6 Å². The predicted octanol–water partition coefficient (Wildman–Crippen LogP) is 6.17. The van der Waals surface area contributed by atoms with E-state index < -0.39 is 5.91 Å². The van der Waals surface area contributed by atoms with E-state index in [0.29, 0.717) is 28.8 Å². The van der Waals surface area contributed by atoms with Crippen molar-refractivity contribution >= 4 is 28.5 Å². The zero-order valence-corrected chi connectivity index (χ0v) is 20.6. The van der Waals surface area contributed by atoms with E-state index in [2.05, 4.69) is 48.4 Å². The summed E-state index contributed by atoms with van der Waals surface area (Å²) in [6.45, 7) is 4.81. The molecule has 0 unspecified atom stereocenters. The molecule has 176 valence electrons. The van der Waals surface area contributed by atoms with Crippen molar-refractivity contribution in [3.63, 3.8) is 0 Å². The molecule has 3 rings (SSSR count). The van der Waals surface area contributed by atoms with E-state index in [1.807, 2.05) is 6.07 Å². The Bertz CT molecular complexity index is 1180. The molecule has 0 atom stereocenters. The van der Waals surface area contributed by atoms with Gasteiger partial charge in [0.05, 0.1) is 13.7 Å². The fourth-order valence-corrected chi connectivity index (χ4v) is 4.10. The van der Waals surface area contributed by atoms with Gasteiger partial charge in [-0.3, -0.25) is 10.1 Å². The molecular formula is C27H29N3O3S. The number of methoxy groups -OCH3 is 1. The fourth-order valence-electron chi connectivity index (χ4n) is 3.26. The molecule has 0 fully saturated rings. The lowest BCUT2D eigenvalue weighted by Gasteiger charge is -2.11. The number of carbonyl (C=O) groups is 1. The Morgan fingerprint density at radius 3 is 2.68 bits per heavy atom. The van der Waals surface area contributed by atoms with Crippen LogP contribution in [0.4, 0.5) is 5.13 Å². The lowest BCUT2D eigenvalue weighted by molar-refractivity contribution is -0.112. The van der Waals surface area contributed by atoms with Crippen LogP contribution in [0.3, 0.4) is 0 Å². The second-order valence-corrected chi connectivity index (χ2v) is 9.00. The summed E-state index contributed by atoms with van der Waals surface area (Å²) in [6.07, 6.45) is 7.22. The van der Waals surface area contributed by atoms with Gasteiger partial charge in [0.2, 0.25) is 0 Å². The Morgan fingerprint density at radius 2 is 1.97 bits per heavy atom. The number of carbonyl (C=O) groups excluding carboxylic acids is 1. The Morgan fingerprint density at radius 1 is 1.18 bits per heavy atom. The maximum atomic E-state index is 12.7. The highest BCUT2D eigenvalue weighted by Gasteiger charge is 2.13. The number of nitriles is 1. The Balaban J connectivity index is 1.66. The minimum Gasteiger partial charge on any atom is -0.493 e. The summed E-state index contributed by atoms with van der Waals surface area (Å²) >= 11 is 1.40. The SMILES string of the molecule is CCCCCOc1ccc(/C=C(\C#N)C(=O)Nc2ncc(Cc3ccc(C)cc3)s2)cc1OC. The van der Waals surface area contributed by atoms with Crippen molar-refractivity contribution in [2.45, 2.75) is 39.5 Å². The normalized spacial score (nSPS) is 11.1. The summed E-state index contributed by atoms with van der Waals surface area (Å²) in [5.74, 6) is 0.698. The summed E-state index contributed by atoms with van der Waals surface area (Å²) in [5.41, 5.74) is 3.04. The number of unbranched alkanes of at least 4 members (excludes halogenated alkanes) is 2. The standard InChI is InChI=1S/C27H29N3O3S/c1-4-5-6-13-33-24-12-11-21(16-25(24)32-3)14-22(17-28)26(31)30-27-29-18-23(34-27)15-20-9-7-19(2)8-10-20/h7-12,14,16,18H,4-6,13,15H2,1-3H3,(H,29,30,31)/b22-14+. The van der Waals surface area contributed by atoms with Crippen LogP contribution in [0.25, 0.3) is 6.08 Å². The molecule has 0 radical (unpaired) electrons. The second-order valence-electron chi connectivity index (χ2n) is 7.88. The molecule has 0 spiro atoms. The molecular weight excluding hydrogens is 446 g/mol. The van der Waals surface area contributed by atoms with Crippen LogP contribution < -0.4 is 14.8 Å². The van der Waals surface area contributed by atoms with Gasteiger partial charge in [-0.1, -0.05) is 55.7 Å². The molecule has 0 aliphatic heterocycles. The third-order valence-electron chi connectivity index (χ3n) is 5.14. The molecule has 3 aromatic rings. The van der Waals surface area contributed by atoms with Crippen LogP contribution in [0, 0.1) is 18.3 Å². The number of thiazole rings is 1. The lowest BCUT2D eigenvalue weighted by atomic mass is 10.1. The molecule has 0 aliphatic carbocycles. The maximum absolute atomic E-state index is 12.7. The molecule has 1 amide bonds. The lowest BCUT2D eigenvalue weighted by Crippen LogP contribution is -2.13. The number of benzene rings is 2. The number of hydrogen-bond acceptors (Lipinski definition) is 6. The van der Waals surface area contributed by atoms with Gasteiger partial charge in [-0.05, 0) is 42.7 Å². The summed E-state index contributed by atoms with van der Waals surface area (Å²) in [4.78, 5) is 18.0. The van der Waals surface area contributed by atoms with Crippen molar-refractivity contribution in [1.29, 1.82) is 5.26 Å². The number of aromatic nitrogens is 1. The minimum atomic E-state index is -0.502. The maximum Gasteiger partial charge on any atom is 0.268 e. The molecule has 1 N–H and O–H groups in total. The molecule has 1 heterocycles. The number of ether oxygens (including phenoxy) is 2. The van der Waals surface area contributed by atoms with Crippen LogP contribution in [0.2, 0.25) is 0 Å². The van der Waals surface area contributed by atoms with Crippen LogP contribution >= 0.6 is 11.3 Å². The van der Waals surface area contributed by atoms with Gasteiger partial charge in [0.25, 0.3) is 5.91 Å². The monoisotopic (exact) mass is 475 g/mol. The van der Waals surface area contributed by atoms with Crippen LogP contribution in [-0.2, 0) is 11.2 Å². The van der Waals surface area contributed by atoms with Crippen molar-refractivity contribution in [3.8, 4) is 17.6 Å². The molecule has 7 heteroatoms. The summed E-state index contributed by atoms with van der Waals surface area (Å²) in [6, 6.07) is 15.6. The molecule has 0 aliphatic rings. The van der Waals surface area contributed by atoms with Crippen molar-refractivity contribution < 1.29 is 14.3 Å². The number of hydrogen-bond donors (Lipinski definition) is 1. The van der Waals surface area contributed by atoms with E-state index in [1.54, 1.807) is 31.5 Å². The van der Waals surface area contributed by atoms with E-state index in [0.717, 1.165) is 30.6 Å². The number of amides is 1.